The largest absolute Gasteiger partial charge is 0.346 e. The van der Waals surface area contributed by atoms with Gasteiger partial charge in [0.2, 0.25) is 0 Å². The molecule has 1 atom stereocenters. The minimum absolute atomic E-state index is 0.0560. The van der Waals surface area contributed by atoms with Crippen LogP contribution in [0.3, 0.4) is 0 Å². The van der Waals surface area contributed by atoms with Crippen molar-refractivity contribution in [2.45, 2.75) is 17.9 Å². The average molecular weight is 429 g/mol. The van der Waals surface area contributed by atoms with Crippen LogP contribution in [0.25, 0.3) is 0 Å². The van der Waals surface area contributed by atoms with Gasteiger partial charge in [0.1, 0.15) is 4.90 Å². The Morgan fingerprint density at radius 1 is 0.966 bits per heavy atom. The fourth-order valence-corrected chi connectivity index (χ4v) is 4.57. The molecule has 0 aliphatic carbocycles. The van der Waals surface area contributed by atoms with Gasteiger partial charge >= 0.3 is 0 Å². The molecule has 0 heterocycles. The first-order valence-corrected chi connectivity index (χ1v) is 10.8. The van der Waals surface area contributed by atoms with Crippen molar-refractivity contribution < 1.29 is 13.2 Å². The van der Waals surface area contributed by atoms with Crippen LogP contribution in [-0.2, 0) is 10.0 Å². The maximum Gasteiger partial charge on any atom is 0.265 e. The number of amides is 1. The number of benzene rings is 3. The smallest absolute Gasteiger partial charge is 0.265 e. The highest BCUT2D eigenvalue weighted by Gasteiger charge is 2.25. The van der Waals surface area contributed by atoms with Gasteiger partial charge in [-0.15, -0.1) is 0 Å². The maximum atomic E-state index is 13.1. The number of nitrogens with one attached hydrogen (secondary N) is 1. The van der Waals surface area contributed by atoms with Crippen molar-refractivity contribution in [3.63, 3.8) is 0 Å². The SMILES string of the molecule is CC(NC(=O)c1ccc(Cl)c(S(=O)(=O)N(C)c2ccccc2)c1)c1ccccc1. The van der Waals surface area contributed by atoms with Gasteiger partial charge < -0.3 is 5.32 Å². The van der Waals surface area contributed by atoms with Crippen molar-refractivity contribution in [2.75, 3.05) is 11.4 Å². The van der Waals surface area contributed by atoms with Crippen LogP contribution < -0.4 is 9.62 Å². The van der Waals surface area contributed by atoms with Crippen LogP contribution in [0.15, 0.2) is 83.8 Å². The summed E-state index contributed by atoms with van der Waals surface area (Å²) in [6, 6.07) is 22.2. The summed E-state index contributed by atoms with van der Waals surface area (Å²) in [7, 11) is -2.49. The lowest BCUT2D eigenvalue weighted by Gasteiger charge is -2.21. The molecule has 1 unspecified atom stereocenters. The number of halogens is 1. The lowest BCUT2D eigenvalue weighted by molar-refractivity contribution is 0.0939. The molecule has 0 fully saturated rings. The molecular weight excluding hydrogens is 408 g/mol. The van der Waals surface area contributed by atoms with E-state index >= 15 is 0 Å². The summed E-state index contributed by atoms with van der Waals surface area (Å²) in [6.07, 6.45) is 0. The molecule has 3 aromatic carbocycles. The highest BCUT2D eigenvalue weighted by molar-refractivity contribution is 7.93. The van der Waals surface area contributed by atoms with Gasteiger partial charge in [0.25, 0.3) is 15.9 Å². The van der Waals surface area contributed by atoms with Crippen molar-refractivity contribution in [1.29, 1.82) is 0 Å². The number of nitrogens with zero attached hydrogens (tertiary/aromatic N) is 1. The third kappa shape index (κ3) is 4.60. The van der Waals surface area contributed by atoms with E-state index in [2.05, 4.69) is 5.32 Å². The highest BCUT2D eigenvalue weighted by Crippen LogP contribution is 2.28. The maximum absolute atomic E-state index is 13.1. The third-order valence-electron chi connectivity index (χ3n) is 4.60. The Morgan fingerprint density at radius 2 is 1.55 bits per heavy atom. The Hall–Kier alpha value is -2.83. The van der Waals surface area contributed by atoms with Crippen LogP contribution in [0, 0.1) is 0 Å². The third-order valence-corrected chi connectivity index (χ3v) is 6.87. The lowest BCUT2D eigenvalue weighted by atomic mass is 10.1. The number of carbonyl (C=O) groups excluding carboxylic acids is 1. The number of hydrogen-bond donors (Lipinski definition) is 1. The van der Waals surface area contributed by atoms with Crippen LogP contribution >= 0.6 is 11.6 Å². The molecule has 7 heteroatoms. The first-order valence-electron chi connectivity index (χ1n) is 9.00. The van der Waals surface area contributed by atoms with E-state index in [9.17, 15) is 13.2 Å². The molecular formula is C22H21ClN2O3S. The van der Waals surface area contributed by atoms with E-state index in [0.717, 1.165) is 9.87 Å². The molecule has 0 bridgehead atoms. The standard InChI is InChI=1S/C22H21ClN2O3S/c1-16(17-9-5-3-6-10-17)24-22(26)18-13-14-20(23)21(15-18)29(27,28)25(2)19-11-7-4-8-12-19/h3-16H,1-2H3,(H,24,26). The normalized spacial score (nSPS) is 12.2. The van der Waals surface area contributed by atoms with Gasteiger partial charge in [0.15, 0.2) is 0 Å². The molecule has 0 spiro atoms. The Labute approximate surface area is 176 Å². The summed E-state index contributed by atoms with van der Waals surface area (Å²) in [6.45, 7) is 1.87. The second-order valence-electron chi connectivity index (χ2n) is 6.56. The summed E-state index contributed by atoms with van der Waals surface area (Å²) in [5.74, 6) is -0.378. The number of carbonyl (C=O) groups is 1. The van der Waals surface area contributed by atoms with Gasteiger partial charge in [-0.05, 0) is 42.8 Å². The van der Waals surface area contributed by atoms with Crippen molar-refractivity contribution >= 4 is 33.2 Å². The summed E-state index contributed by atoms with van der Waals surface area (Å²) in [5, 5.41) is 2.94. The molecule has 0 aromatic heterocycles. The molecule has 1 N–H and O–H groups in total. The number of para-hydroxylation sites is 1. The van der Waals surface area contributed by atoms with E-state index in [1.165, 1.54) is 25.2 Å². The van der Waals surface area contributed by atoms with E-state index in [4.69, 9.17) is 11.6 Å². The van der Waals surface area contributed by atoms with Crippen LogP contribution in [0.2, 0.25) is 5.02 Å². The molecule has 0 saturated carbocycles. The highest BCUT2D eigenvalue weighted by atomic mass is 35.5. The zero-order valence-electron chi connectivity index (χ0n) is 16.0. The topological polar surface area (TPSA) is 66.5 Å². The summed E-state index contributed by atoms with van der Waals surface area (Å²) < 4.78 is 27.3. The number of hydrogen-bond acceptors (Lipinski definition) is 3. The molecule has 0 radical (unpaired) electrons. The zero-order chi connectivity index (χ0) is 21.0. The van der Waals surface area contributed by atoms with Crippen LogP contribution in [0.1, 0.15) is 28.9 Å². The van der Waals surface area contributed by atoms with E-state index in [1.54, 1.807) is 30.3 Å². The number of sulfonamides is 1. The number of rotatable bonds is 6. The minimum atomic E-state index is -3.94. The summed E-state index contributed by atoms with van der Waals surface area (Å²) >= 11 is 6.18. The second-order valence-corrected chi connectivity index (χ2v) is 8.90. The van der Waals surface area contributed by atoms with E-state index in [-0.39, 0.29) is 27.4 Å². The van der Waals surface area contributed by atoms with E-state index in [1.807, 2.05) is 37.3 Å². The Kier molecular flexibility index (Phi) is 6.25. The number of anilines is 1. The van der Waals surface area contributed by atoms with E-state index in [0.29, 0.717) is 5.69 Å². The zero-order valence-corrected chi connectivity index (χ0v) is 17.6. The van der Waals surface area contributed by atoms with Crippen LogP contribution in [0.5, 0.6) is 0 Å². The molecule has 29 heavy (non-hydrogen) atoms. The summed E-state index contributed by atoms with van der Waals surface area (Å²) in [4.78, 5) is 12.6. The summed E-state index contributed by atoms with van der Waals surface area (Å²) in [5.41, 5.74) is 1.67. The lowest BCUT2D eigenvalue weighted by Crippen LogP contribution is -2.29. The molecule has 150 valence electrons. The predicted octanol–water partition coefficient (Wildman–Crippen LogP) is 4.66. The first-order chi connectivity index (χ1) is 13.8. The minimum Gasteiger partial charge on any atom is -0.346 e. The molecule has 0 aliphatic rings. The average Bonchev–Trinajstić information content (AvgIpc) is 2.74. The predicted molar refractivity (Wildman–Crippen MR) is 116 cm³/mol. The van der Waals surface area contributed by atoms with Gasteiger partial charge in [-0.2, -0.15) is 0 Å². The van der Waals surface area contributed by atoms with E-state index < -0.39 is 10.0 Å². The van der Waals surface area contributed by atoms with Gasteiger partial charge in [-0.3, -0.25) is 9.10 Å². The fraction of sp³-hybridized carbons (Fsp3) is 0.136. The van der Waals surface area contributed by atoms with Gasteiger partial charge in [-0.1, -0.05) is 60.1 Å². The Balaban J connectivity index is 1.88. The van der Waals surface area contributed by atoms with Gasteiger partial charge in [0.05, 0.1) is 16.8 Å². The van der Waals surface area contributed by atoms with Gasteiger partial charge in [0, 0.05) is 12.6 Å². The first kappa shape index (κ1) is 20.9. The Bertz CT molecular complexity index is 1100. The van der Waals surface area contributed by atoms with Crippen molar-refractivity contribution in [2.24, 2.45) is 0 Å². The quantitative estimate of drug-likeness (QED) is 0.621. The van der Waals surface area contributed by atoms with Crippen molar-refractivity contribution in [1.82, 2.24) is 5.32 Å². The van der Waals surface area contributed by atoms with Gasteiger partial charge in [-0.25, -0.2) is 8.42 Å². The second kappa shape index (κ2) is 8.68. The van der Waals surface area contributed by atoms with Crippen molar-refractivity contribution in [3.8, 4) is 0 Å². The molecule has 0 aliphatic heterocycles. The Morgan fingerprint density at radius 3 is 2.17 bits per heavy atom. The molecule has 5 nitrogen and oxygen atoms in total. The molecule has 0 saturated heterocycles. The fourth-order valence-electron chi connectivity index (χ4n) is 2.87. The van der Waals surface area contributed by atoms with Crippen LogP contribution in [-0.4, -0.2) is 21.4 Å². The monoisotopic (exact) mass is 428 g/mol. The molecule has 1 amide bonds. The van der Waals surface area contributed by atoms with Crippen molar-refractivity contribution in [3.05, 3.63) is 95.0 Å². The molecule has 3 aromatic rings. The van der Waals surface area contributed by atoms with Crippen LogP contribution in [0.4, 0.5) is 5.69 Å². The molecule has 3 rings (SSSR count).